The fourth-order valence-electron chi connectivity index (χ4n) is 1.54. The molecule has 4 N–H and O–H groups in total. The van der Waals surface area contributed by atoms with Crippen molar-refractivity contribution in [1.29, 1.82) is 0 Å². The molecule has 1 unspecified atom stereocenters. The molecule has 7 heteroatoms. The summed E-state index contributed by atoms with van der Waals surface area (Å²) in [6, 6.07) is 5.15. The Kier molecular flexibility index (Phi) is 6.30. The van der Waals surface area contributed by atoms with Crippen LogP contribution in [0.3, 0.4) is 0 Å². The number of hydrogen-bond donors (Lipinski definition) is 3. The molecular weight excluding hydrogens is 378 g/mol. The number of oxime groups is 1. The van der Waals surface area contributed by atoms with Crippen LogP contribution in [0.1, 0.15) is 30.1 Å². The van der Waals surface area contributed by atoms with Crippen molar-refractivity contribution in [3.8, 4) is 0 Å². The topological polar surface area (TPSA) is 87.7 Å². The Hall–Kier alpha value is -1.08. The SMILES string of the molecule is CCC(C/C(N)=N/O)NC(=O)c1cc(Br)cc(Br)c1. The summed E-state index contributed by atoms with van der Waals surface area (Å²) in [6.45, 7) is 1.92. The molecule has 0 spiro atoms. The molecule has 0 fully saturated rings. The van der Waals surface area contributed by atoms with Crippen molar-refractivity contribution in [3.63, 3.8) is 0 Å². The van der Waals surface area contributed by atoms with Crippen LogP contribution < -0.4 is 11.1 Å². The molecule has 104 valence electrons. The minimum atomic E-state index is -0.195. The van der Waals surface area contributed by atoms with Crippen LogP contribution >= 0.6 is 31.9 Å². The van der Waals surface area contributed by atoms with E-state index < -0.39 is 0 Å². The van der Waals surface area contributed by atoms with Gasteiger partial charge in [-0.15, -0.1) is 0 Å². The van der Waals surface area contributed by atoms with E-state index in [4.69, 9.17) is 10.9 Å². The third kappa shape index (κ3) is 5.20. The van der Waals surface area contributed by atoms with Crippen molar-refractivity contribution in [2.45, 2.75) is 25.8 Å². The molecule has 1 atom stereocenters. The van der Waals surface area contributed by atoms with Crippen molar-refractivity contribution in [3.05, 3.63) is 32.7 Å². The lowest BCUT2D eigenvalue weighted by Crippen LogP contribution is -2.37. The highest BCUT2D eigenvalue weighted by molar-refractivity contribution is 9.11. The van der Waals surface area contributed by atoms with Gasteiger partial charge in [-0.3, -0.25) is 4.79 Å². The van der Waals surface area contributed by atoms with Gasteiger partial charge in [-0.25, -0.2) is 0 Å². The first kappa shape index (κ1) is 16.0. The Morgan fingerprint density at radius 2 is 2.00 bits per heavy atom. The van der Waals surface area contributed by atoms with Crippen LogP contribution in [0.2, 0.25) is 0 Å². The summed E-state index contributed by atoms with van der Waals surface area (Å²) < 4.78 is 1.63. The maximum atomic E-state index is 12.1. The van der Waals surface area contributed by atoms with E-state index in [0.29, 0.717) is 18.4 Å². The zero-order valence-electron chi connectivity index (χ0n) is 10.4. The first-order chi connectivity index (χ1) is 8.96. The van der Waals surface area contributed by atoms with Gasteiger partial charge in [0.15, 0.2) is 0 Å². The molecule has 0 aliphatic heterocycles. The average molecular weight is 393 g/mol. The van der Waals surface area contributed by atoms with Crippen molar-refractivity contribution in [2.75, 3.05) is 0 Å². The van der Waals surface area contributed by atoms with E-state index in [1.807, 2.05) is 13.0 Å². The van der Waals surface area contributed by atoms with Gasteiger partial charge >= 0.3 is 0 Å². The van der Waals surface area contributed by atoms with Gasteiger partial charge in [0.1, 0.15) is 5.84 Å². The summed E-state index contributed by atoms with van der Waals surface area (Å²) in [5.74, 6) is -0.0952. The lowest BCUT2D eigenvalue weighted by molar-refractivity contribution is 0.0936. The number of amidine groups is 1. The standard InChI is InChI=1S/C12H15Br2N3O2/c1-2-10(6-11(15)17-19)16-12(18)7-3-8(13)5-9(14)4-7/h3-5,10,19H,2,6H2,1H3,(H2,15,17)(H,16,18). The van der Waals surface area contributed by atoms with Crippen LogP contribution in [0, 0.1) is 0 Å². The summed E-state index contributed by atoms with van der Waals surface area (Å²) in [6.07, 6.45) is 1.01. The van der Waals surface area contributed by atoms with Gasteiger partial charge in [-0.1, -0.05) is 43.9 Å². The Morgan fingerprint density at radius 3 is 2.47 bits per heavy atom. The first-order valence-electron chi connectivity index (χ1n) is 5.69. The molecule has 0 heterocycles. The molecule has 1 aromatic rings. The summed E-state index contributed by atoms with van der Waals surface area (Å²) in [5.41, 5.74) is 5.99. The van der Waals surface area contributed by atoms with Gasteiger partial charge in [0.25, 0.3) is 5.91 Å². The van der Waals surface area contributed by atoms with Crippen molar-refractivity contribution in [2.24, 2.45) is 10.9 Å². The number of rotatable bonds is 5. The summed E-state index contributed by atoms with van der Waals surface area (Å²) >= 11 is 6.67. The maximum Gasteiger partial charge on any atom is 0.251 e. The molecule has 1 rings (SSSR count). The lowest BCUT2D eigenvalue weighted by Gasteiger charge is -2.16. The van der Waals surface area contributed by atoms with Gasteiger partial charge in [-0.2, -0.15) is 0 Å². The number of amides is 1. The Labute approximate surface area is 128 Å². The monoisotopic (exact) mass is 391 g/mol. The molecule has 0 bridgehead atoms. The van der Waals surface area contributed by atoms with E-state index in [1.54, 1.807) is 12.1 Å². The van der Waals surface area contributed by atoms with E-state index in [1.165, 1.54) is 0 Å². The molecule has 0 saturated heterocycles. The molecular formula is C12H15Br2N3O2. The van der Waals surface area contributed by atoms with Crippen LogP contribution in [0.5, 0.6) is 0 Å². The Morgan fingerprint density at radius 1 is 1.42 bits per heavy atom. The summed E-state index contributed by atoms with van der Waals surface area (Å²) in [4.78, 5) is 12.1. The predicted molar refractivity (Wildman–Crippen MR) is 81.4 cm³/mol. The van der Waals surface area contributed by atoms with Crippen molar-refractivity contribution >= 4 is 43.6 Å². The normalized spacial score (nSPS) is 13.1. The minimum Gasteiger partial charge on any atom is -0.409 e. The van der Waals surface area contributed by atoms with E-state index in [2.05, 4.69) is 42.3 Å². The van der Waals surface area contributed by atoms with Crippen LogP contribution in [0.4, 0.5) is 0 Å². The number of carbonyl (C=O) groups is 1. The molecule has 0 saturated carbocycles. The summed E-state index contributed by atoms with van der Waals surface area (Å²) in [7, 11) is 0. The zero-order valence-corrected chi connectivity index (χ0v) is 13.5. The van der Waals surface area contributed by atoms with Crippen LogP contribution in [-0.2, 0) is 0 Å². The van der Waals surface area contributed by atoms with E-state index in [-0.39, 0.29) is 17.8 Å². The highest BCUT2D eigenvalue weighted by Gasteiger charge is 2.14. The van der Waals surface area contributed by atoms with E-state index >= 15 is 0 Å². The second-order valence-electron chi connectivity index (χ2n) is 4.03. The van der Waals surface area contributed by atoms with Gasteiger partial charge in [0.2, 0.25) is 0 Å². The molecule has 0 aromatic heterocycles. The largest absolute Gasteiger partial charge is 0.409 e. The predicted octanol–water partition coefficient (Wildman–Crippen LogP) is 2.86. The second kappa shape index (κ2) is 7.49. The van der Waals surface area contributed by atoms with E-state index in [9.17, 15) is 4.79 Å². The highest BCUT2D eigenvalue weighted by atomic mass is 79.9. The third-order valence-electron chi connectivity index (χ3n) is 2.54. The molecule has 5 nitrogen and oxygen atoms in total. The molecule has 1 amide bonds. The number of carbonyl (C=O) groups excluding carboxylic acids is 1. The average Bonchev–Trinajstić information content (AvgIpc) is 2.36. The van der Waals surface area contributed by atoms with Crippen molar-refractivity contribution in [1.82, 2.24) is 5.32 Å². The molecule has 0 aliphatic carbocycles. The van der Waals surface area contributed by atoms with Crippen LogP contribution in [0.15, 0.2) is 32.3 Å². The summed E-state index contributed by atoms with van der Waals surface area (Å²) in [5, 5.41) is 14.3. The van der Waals surface area contributed by atoms with Gasteiger partial charge in [0.05, 0.1) is 0 Å². The number of hydrogen-bond acceptors (Lipinski definition) is 3. The zero-order chi connectivity index (χ0) is 14.4. The lowest BCUT2D eigenvalue weighted by atomic mass is 10.1. The van der Waals surface area contributed by atoms with E-state index in [0.717, 1.165) is 8.95 Å². The number of nitrogens with one attached hydrogen (secondary N) is 1. The number of nitrogens with two attached hydrogens (primary N) is 1. The Bertz CT molecular complexity index is 472. The molecule has 19 heavy (non-hydrogen) atoms. The second-order valence-corrected chi connectivity index (χ2v) is 5.86. The molecule has 1 aromatic carbocycles. The molecule has 0 aliphatic rings. The van der Waals surface area contributed by atoms with Gasteiger partial charge in [0, 0.05) is 27.0 Å². The van der Waals surface area contributed by atoms with Crippen LogP contribution in [0.25, 0.3) is 0 Å². The fraction of sp³-hybridized carbons (Fsp3) is 0.333. The quantitative estimate of drug-likeness (QED) is 0.311. The Balaban J connectivity index is 2.77. The van der Waals surface area contributed by atoms with Gasteiger partial charge in [-0.05, 0) is 24.6 Å². The van der Waals surface area contributed by atoms with Crippen LogP contribution in [-0.4, -0.2) is 23.0 Å². The highest BCUT2D eigenvalue weighted by Crippen LogP contribution is 2.20. The third-order valence-corrected chi connectivity index (χ3v) is 3.45. The van der Waals surface area contributed by atoms with Crippen molar-refractivity contribution < 1.29 is 10.0 Å². The fourth-order valence-corrected chi connectivity index (χ4v) is 2.84. The smallest absolute Gasteiger partial charge is 0.251 e. The number of benzene rings is 1. The van der Waals surface area contributed by atoms with Gasteiger partial charge < -0.3 is 16.3 Å². The minimum absolute atomic E-state index is 0.0996. The maximum absolute atomic E-state index is 12.1. The number of nitrogens with zero attached hydrogens (tertiary/aromatic N) is 1. The number of halogens is 2. The molecule has 0 radical (unpaired) electrons. The first-order valence-corrected chi connectivity index (χ1v) is 7.28.